The number of allylic oxidation sites excluding steroid dienone is 2. The number of phenols is 1. The van der Waals surface area contributed by atoms with Crippen molar-refractivity contribution in [3.8, 4) is 17.2 Å². The Kier molecular flexibility index (Phi) is 13.5. The van der Waals surface area contributed by atoms with Gasteiger partial charge in [-0.2, -0.15) is 0 Å². The van der Waals surface area contributed by atoms with Crippen molar-refractivity contribution in [3.05, 3.63) is 107 Å². The highest BCUT2D eigenvalue weighted by molar-refractivity contribution is 8.76. The zero-order valence-corrected chi connectivity index (χ0v) is 34.0. The number of β-amino-alcohol motifs (C(OH)–C–C–N with tert-alkyl or cyclic N) is 1. The molecule has 308 valence electrons. The molecule has 0 aliphatic carbocycles. The fourth-order valence-corrected chi connectivity index (χ4v) is 10.1. The lowest BCUT2D eigenvalue weighted by atomic mass is 9.77. The number of hydrogen-bond acceptors (Lipinski definition) is 13. The molecule has 4 aliphatic rings. The molecule has 14 heteroatoms. The van der Waals surface area contributed by atoms with Gasteiger partial charge in [-0.15, -0.1) is 0 Å². The van der Waals surface area contributed by atoms with Gasteiger partial charge in [0.05, 0.1) is 12.1 Å². The number of fused-ring (bicyclic) bond motifs is 2. The summed E-state index contributed by atoms with van der Waals surface area (Å²) in [4.78, 5) is 16.9. The maximum Gasteiger partial charge on any atom is 0.335 e. The molecule has 3 aromatic carbocycles. The van der Waals surface area contributed by atoms with Crippen LogP contribution in [-0.4, -0.2) is 106 Å². The fourth-order valence-electron chi connectivity index (χ4n) is 8.08. The van der Waals surface area contributed by atoms with Crippen molar-refractivity contribution >= 4 is 51.2 Å². The molecule has 0 spiro atoms. The molecule has 0 aromatic heterocycles. The molecule has 0 unspecified atom stereocenters. The molecule has 6 N–H and O–H groups in total. The van der Waals surface area contributed by atoms with Gasteiger partial charge in [0, 0.05) is 30.2 Å². The Balaban J connectivity index is 1.15. The third-order valence-electron chi connectivity index (χ3n) is 11.4. The number of hydrogen-bond donors (Lipinski definition) is 6. The standard InChI is InChI=1S/C44H50N2O10S2/c1-3-27-8-4-5-9-28(27)10-6-7-26(2)34-21-46-24-44(52)41(54-25-58-57-23-36(34)30-17-18-45-20-30)39(49)40(42(50)51)56-43(44)55-32-15-16-33-37(19-32)53-22-35(38(33)48)29-11-13-31(47)14-12-29/h4-6,8-17,19-20,26,34,36,39-41,43,46-49,52H,3,7,18,21-25H2,1-2H3,(H,50,51)/b10-6+/t26-,34+,36-,39+,40-,41-,43+,44+/m0/s1. The maximum atomic E-state index is 12.6. The highest BCUT2D eigenvalue weighted by Gasteiger charge is 2.59. The molecule has 0 bridgehead atoms. The molecular formula is C44H50N2O10S2. The van der Waals surface area contributed by atoms with E-state index in [-0.39, 0.29) is 54.1 Å². The van der Waals surface area contributed by atoms with Crippen LogP contribution in [0.3, 0.4) is 0 Å². The van der Waals surface area contributed by atoms with Crippen LogP contribution in [0.25, 0.3) is 17.4 Å². The Morgan fingerprint density at radius 3 is 2.69 bits per heavy atom. The molecule has 0 amide bonds. The number of aromatic hydroxyl groups is 1. The Hall–Kier alpha value is -4.28. The number of nitrogens with zero attached hydrogens (tertiary/aromatic N) is 1. The lowest BCUT2D eigenvalue weighted by molar-refractivity contribution is -0.316. The molecular weight excluding hydrogens is 781 g/mol. The normalized spacial score (nSPS) is 28.4. The minimum Gasteiger partial charge on any atom is -0.508 e. The smallest absolute Gasteiger partial charge is 0.335 e. The third-order valence-corrected chi connectivity index (χ3v) is 13.5. The molecule has 8 atom stereocenters. The number of ether oxygens (including phenoxy) is 4. The van der Waals surface area contributed by atoms with E-state index in [2.05, 4.69) is 66.7 Å². The summed E-state index contributed by atoms with van der Waals surface area (Å²) in [6, 6.07) is 19.5. The van der Waals surface area contributed by atoms with Crippen molar-refractivity contribution in [1.82, 2.24) is 5.32 Å². The lowest BCUT2D eigenvalue weighted by Crippen LogP contribution is -2.72. The zero-order valence-electron chi connectivity index (χ0n) is 32.4. The van der Waals surface area contributed by atoms with Crippen LogP contribution >= 0.6 is 21.6 Å². The predicted octanol–water partition coefficient (Wildman–Crippen LogP) is 6.36. The SMILES string of the molecule is CCc1ccccc1/C=C/C[C@H](C)[C@H]1CNC[C@]2(O)[C@H](Oc3ccc4c(c3)OCC(c3ccc(O)cc3)=C4O)O[C@H](C(=O)O)[C@@H](O)[C@@H]2OCSSC[C@H]1C1=CCN=C1. The first-order valence-corrected chi connectivity index (χ1v) is 22.0. The maximum absolute atomic E-state index is 12.6. The van der Waals surface area contributed by atoms with Crippen molar-refractivity contribution in [2.45, 2.75) is 56.9 Å². The number of benzene rings is 3. The second-order valence-corrected chi connectivity index (χ2v) is 17.5. The Morgan fingerprint density at radius 2 is 1.93 bits per heavy atom. The van der Waals surface area contributed by atoms with Gasteiger partial charge in [-0.05, 0) is 83.7 Å². The zero-order chi connectivity index (χ0) is 40.8. The summed E-state index contributed by atoms with van der Waals surface area (Å²) in [5, 5.41) is 58.5. The number of aryl methyl sites for hydroxylation is 1. The number of carboxylic acid groups (broad SMARTS) is 1. The van der Waals surface area contributed by atoms with E-state index in [0.717, 1.165) is 18.6 Å². The van der Waals surface area contributed by atoms with Crippen molar-refractivity contribution < 1.29 is 49.3 Å². The van der Waals surface area contributed by atoms with Crippen LogP contribution in [0.5, 0.6) is 17.2 Å². The van der Waals surface area contributed by atoms with Gasteiger partial charge in [-0.1, -0.05) is 90.1 Å². The molecule has 7 rings (SSSR count). The number of nitrogens with one attached hydrogen (secondary N) is 1. The van der Waals surface area contributed by atoms with E-state index in [4.69, 9.17) is 18.9 Å². The summed E-state index contributed by atoms with van der Waals surface area (Å²) in [5.74, 6) is 0.402. The molecule has 4 heterocycles. The second kappa shape index (κ2) is 18.8. The summed E-state index contributed by atoms with van der Waals surface area (Å²) < 4.78 is 24.3. The summed E-state index contributed by atoms with van der Waals surface area (Å²) in [5.41, 5.74) is 3.21. The summed E-state index contributed by atoms with van der Waals surface area (Å²) >= 11 is 0. The number of aliphatic imine (C=N–C) groups is 1. The van der Waals surface area contributed by atoms with Gasteiger partial charge < -0.3 is 49.8 Å². The number of aliphatic carboxylic acids is 1. The van der Waals surface area contributed by atoms with Gasteiger partial charge in [0.15, 0.2) is 11.7 Å². The Bertz CT molecular complexity index is 2060. The summed E-state index contributed by atoms with van der Waals surface area (Å²) in [6.45, 7) is 5.38. The molecule has 2 fully saturated rings. The quantitative estimate of drug-likeness (QED) is 0.124. The van der Waals surface area contributed by atoms with E-state index in [1.54, 1.807) is 35.1 Å². The number of aliphatic hydroxyl groups excluding tert-OH is 2. The van der Waals surface area contributed by atoms with Gasteiger partial charge in [0.1, 0.15) is 47.8 Å². The average Bonchev–Trinajstić information content (AvgIpc) is 3.75. The molecule has 0 saturated carbocycles. The van der Waals surface area contributed by atoms with Crippen molar-refractivity contribution in [3.63, 3.8) is 0 Å². The van der Waals surface area contributed by atoms with E-state index in [0.29, 0.717) is 35.5 Å². The number of carbonyl (C=O) groups is 1. The van der Waals surface area contributed by atoms with E-state index in [9.17, 15) is 30.3 Å². The Labute approximate surface area is 346 Å². The topological polar surface area (TPSA) is 180 Å². The van der Waals surface area contributed by atoms with E-state index in [1.807, 2.05) is 6.21 Å². The summed E-state index contributed by atoms with van der Waals surface area (Å²) in [6.07, 6.45) is 3.83. The molecule has 2 saturated heterocycles. The van der Waals surface area contributed by atoms with Crippen molar-refractivity contribution in [2.75, 3.05) is 37.9 Å². The minimum atomic E-state index is -2.07. The monoisotopic (exact) mass is 830 g/mol. The van der Waals surface area contributed by atoms with Crippen molar-refractivity contribution in [1.29, 1.82) is 0 Å². The van der Waals surface area contributed by atoms with Crippen LogP contribution in [0.1, 0.15) is 42.5 Å². The lowest BCUT2D eigenvalue weighted by Gasteiger charge is -2.49. The van der Waals surface area contributed by atoms with E-state index >= 15 is 0 Å². The van der Waals surface area contributed by atoms with Crippen LogP contribution in [-0.2, 0) is 20.7 Å². The fraction of sp³-hybridized carbons (Fsp3) is 0.409. The first kappa shape index (κ1) is 41.9. The first-order valence-electron chi connectivity index (χ1n) is 19.5. The largest absolute Gasteiger partial charge is 0.508 e. The van der Waals surface area contributed by atoms with Crippen LogP contribution in [0, 0.1) is 17.8 Å². The molecule has 12 nitrogen and oxygen atoms in total. The summed E-state index contributed by atoms with van der Waals surface area (Å²) in [7, 11) is 3.05. The predicted molar refractivity (Wildman–Crippen MR) is 227 cm³/mol. The highest BCUT2D eigenvalue weighted by Crippen LogP contribution is 2.42. The van der Waals surface area contributed by atoms with Gasteiger partial charge in [0.2, 0.25) is 6.29 Å². The molecule has 0 radical (unpaired) electrons. The second-order valence-electron chi connectivity index (χ2n) is 15.0. The van der Waals surface area contributed by atoms with Gasteiger partial charge in [-0.25, -0.2) is 4.79 Å². The number of aliphatic hydroxyl groups is 3. The average molecular weight is 831 g/mol. The van der Waals surface area contributed by atoms with Crippen LogP contribution < -0.4 is 14.8 Å². The highest BCUT2D eigenvalue weighted by atomic mass is 33.1. The van der Waals surface area contributed by atoms with Gasteiger partial charge in [-0.3, -0.25) is 4.99 Å². The first-order chi connectivity index (χ1) is 28.1. The van der Waals surface area contributed by atoms with Gasteiger partial charge >= 0.3 is 5.97 Å². The Morgan fingerprint density at radius 1 is 1.12 bits per heavy atom. The number of rotatable bonds is 10. The molecule has 3 aromatic rings. The van der Waals surface area contributed by atoms with Crippen LogP contribution in [0.15, 0.2) is 89.4 Å². The minimum absolute atomic E-state index is 0.00422. The third kappa shape index (κ3) is 9.13. The molecule has 4 aliphatic heterocycles. The van der Waals surface area contributed by atoms with Crippen molar-refractivity contribution in [2.24, 2.45) is 22.7 Å². The van der Waals surface area contributed by atoms with Gasteiger partial charge in [0.25, 0.3) is 0 Å². The number of phenolic OH excluding ortho intramolecular Hbond substituents is 1. The number of carboxylic acids is 1. The van der Waals surface area contributed by atoms with Crippen LogP contribution in [0.4, 0.5) is 0 Å². The molecule has 58 heavy (non-hydrogen) atoms. The van der Waals surface area contributed by atoms with E-state index in [1.165, 1.54) is 45.7 Å². The van der Waals surface area contributed by atoms with E-state index < -0.39 is 36.2 Å². The van der Waals surface area contributed by atoms with Crippen LogP contribution in [0.2, 0.25) is 0 Å².